The molecule has 2 saturated heterocycles. The van der Waals surface area contributed by atoms with Crippen molar-refractivity contribution in [1.29, 1.82) is 0 Å². The smallest absolute Gasteiger partial charge is 0.0831 e. The number of hydrogen-bond donors (Lipinski definition) is 2. The number of likely N-dealkylation sites (tertiary alicyclic amines) is 1. The summed E-state index contributed by atoms with van der Waals surface area (Å²) in [7, 11) is 0. The largest absolute Gasteiger partial charge is 0.390 e. The van der Waals surface area contributed by atoms with Crippen molar-refractivity contribution in [2.75, 3.05) is 26.2 Å². The topological polar surface area (TPSA) is 35.5 Å². The Labute approximate surface area is 73.8 Å². The molecule has 2 atom stereocenters. The molecule has 0 aromatic carbocycles. The number of rotatable bonds is 1. The summed E-state index contributed by atoms with van der Waals surface area (Å²) in [6.45, 7) is 4.12. The maximum atomic E-state index is 9.64. The third kappa shape index (κ3) is 1.63. The van der Waals surface area contributed by atoms with Gasteiger partial charge >= 0.3 is 0 Å². The number of nitrogens with zero attached hydrogens (tertiary/aromatic N) is 1. The molecular formula is C9H18N2O. The zero-order chi connectivity index (χ0) is 8.39. The molecular weight excluding hydrogens is 152 g/mol. The second kappa shape index (κ2) is 3.73. The average Bonchev–Trinajstić information content (AvgIpc) is 2.53. The van der Waals surface area contributed by atoms with Gasteiger partial charge in [0.2, 0.25) is 0 Å². The third-order valence-corrected chi connectivity index (χ3v) is 3.01. The first-order valence-electron chi connectivity index (χ1n) is 5.01. The van der Waals surface area contributed by atoms with E-state index in [0.717, 1.165) is 13.1 Å². The summed E-state index contributed by atoms with van der Waals surface area (Å²) >= 11 is 0. The highest BCUT2D eigenvalue weighted by Gasteiger charge is 2.30. The van der Waals surface area contributed by atoms with Gasteiger partial charge in [-0.15, -0.1) is 0 Å². The van der Waals surface area contributed by atoms with Crippen LogP contribution in [0.15, 0.2) is 0 Å². The molecule has 0 saturated carbocycles. The molecule has 3 heteroatoms. The Morgan fingerprint density at radius 3 is 2.42 bits per heavy atom. The molecule has 2 fully saturated rings. The Bertz CT molecular complexity index is 145. The van der Waals surface area contributed by atoms with Crippen LogP contribution in [0.25, 0.3) is 0 Å². The van der Waals surface area contributed by atoms with Crippen LogP contribution in [0, 0.1) is 0 Å². The molecule has 2 aliphatic heterocycles. The van der Waals surface area contributed by atoms with Gasteiger partial charge in [0.25, 0.3) is 0 Å². The van der Waals surface area contributed by atoms with E-state index in [1.54, 1.807) is 0 Å². The van der Waals surface area contributed by atoms with E-state index in [9.17, 15) is 5.11 Å². The normalized spacial score (nSPS) is 38.8. The van der Waals surface area contributed by atoms with Crippen LogP contribution in [0.2, 0.25) is 0 Å². The summed E-state index contributed by atoms with van der Waals surface area (Å²) in [5.74, 6) is 0. The number of nitrogens with one attached hydrogen (secondary N) is 1. The number of aliphatic hydroxyl groups excluding tert-OH is 1. The monoisotopic (exact) mass is 170 g/mol. The van der Waals surface area contributed by atoms with E-state index in [1.807, 2.05) is 0 Å². The van der Waals surface area contributed by atoms with Crippen LogP contribution in [0.4, 0.5) is 0 Å². The van der Waals surface area contributed by atoms with Gasteiger partial charge in [0.05, 0.1) is 6.10 Å². The van der Waals surface area contributed by atoms with Crippen LogP contribution < -0.4 is 5.32 Å². The number of hydrogen-bond acceptors (Lipinski definition) is 3. The summed E-state index contributed by atoms with van der Waals surface area (Å²) in [5, 5.41) is 12.9. The van der Waals surface area contributed by atoms with Gasteiger partial charge in [-0.25, -0.2) is 0 Å². The first-order chi connectivity index (χ1) is 5.88. The summed E-state index contributed by atoms with van der Waals surface area (Å²) in [5.41, 5.74) is 0. The van der Waals surface area contributed by atoms with E-state index >= 15 is 0 Å². The first-order valence-corrected chi connectivity index (χ1v) is 5.01. The van der Waals surface area contributed by atoms with Crippen molar-refractivity contribution < 1.29 is 5.11 Å². The standard InChI is InChI=1S/C9H18N2O/c12-9-7-10-6-8(9)11-4-2-1-3-5-11/h8-10,12H,1-7H2/t8-,9-/m0/s1. The van der Waals surface area contributed by atoms with Gasteiger partial charge in [-0.05, 0) is 25.9 Å². The fourth-order valence-corrected chi connectivity index (χ4v) is 2.27. The van der Waals surface area contributed by atoms with Crippen LogP contribution in [0.5, 0.6) is 0 Å². The summed E-state index contributed by atoms with van der Waals surface area (Å²) in [6.07, 6.45) is 3.85. The zero-order valence-electron chi connectivity index (χ0n) is 7.50. The highest BCUT2D eigenvalue weighted by molar-refractivity contribution is 4.89. The van der Waals surface area contributed by atoms with Gasteiger partial charge < -0.3 is 10.4 Å². The second-order valence-electron chi connectivity index (χ2n) is 3.89. The lowest BCUT2D eigenvalue weighted by atomic mass is 10.1. The molecule has 2 heterocycles. The van der Waals surface area contributed by atoms with Gasteiger partial charge in [0, 0.05) is 19.1 Å². The predicted molar refractivity (Wildman–Crippen MR) is 48.1 cm³/mol. The maximum absolute atomic E-state index is 9.64. The lowest BCUT2D eigenvalue weighted by Gasteiger charge is -2.33. The minimum absolute atomic E-state index is 0.136. The van der Waals surface area contributed by atoms with Crippen molar-refractivity contribution in [2.45, 2.75) is 31.4 Å². The van der Waals surface area contributed by atoms with Crippen molar-refractivity contribution in [1.82, 2.24) is 10.2 Å². The summed E-state index contributed by atoms with van der Waals surface area (Å²) < 4.78 is 0. The molecule has 0 bridgehead atoms. The molecule has 3 nitrogen and oxygen atoms in total. The predicted octanol–water partition coefficient (Wildman–Crippen LogP) is -0.195. The number of aliphatic hydroxyl groups is 1. The molecule has 0 aromatic rings. The highest BCUT2D eigenvalue weighted by Crippen LogP contribution is 2.16. The molecule has 0 radical (unpaired) electrons. The fourth-order valence-electron chi connectivity index (χ4n) is 2.27. The second-order valence-corrected chi connectivity index (χ2v) is 3.89. The number of β-amino-alcohol motifs (C(OH)–C–C–N with tert-alkyl or cyclic N) is 1. The number of piperidine rings is 1. The van der Waals surface area contributed by atoms with Crippen LogP contribution in [0.1, 0.15) is 19.3 Å². The SMILES string of the molecule is O[C@H]1CNC[C@@H]1N1CCCCC1. The quantitative estimate of drug-likeness (QED) is 0.572. The van der Waals surface area contributed by atoms with Crippen molar-refractivity contribution in [2.24, 2.45) is 0 Å². The Hall–Kier alpha value is -0.120. The van der Waals surface area contributed by atoms with Crippen molar-refractivity contribution >= 4 is 0 Å². The molecule has 0 spiro atoms. The van der Waals surface area contributed by atoms with Crippen molar-refractivity contribution in [3.63, 3.8) is 0 Å². The first kappa shape index (κ1) is 8.48. The molecule has 0 aromatic heterocycles. The Morgan fingerprint density at radius 2 is 1.83 bits per heavy atom. The lowest BCUT2D eigenvalue weighted by Crippen LogP contribution is -2.45. The van der Waals surface area contributed by atoms with Crippen LogP contribution in [0.3, 0.4) is 0 Å². The van der Waals surface area contributed by atoms with E-state index in [1.165, 1.54) is 32.4 Å². The third-order valence-electron chi connectivity index (χ3n) is 3.01. The fraction of sp³-hybridized carbons (Fsp3) is 1.00. The van der Waals surface area contributed by atoms with E-state index in [-0.39, 0.29) is 6.10 Å². The zero-order valence-corrected chi connectivity index (χ0v) is 7.50. The van der Waals surface area contributed by atoms with E-state index in [2.05, 4.69) is 10.2 Å². The van der Waals surface area contributed by atoms with Gasteiger partial charge in [0.1, 0.15) is 0 Å². The van der Waals surface area contributed by atoms with E-state index in [0.29, 0.717) is 6.04 Å². The molecule has 70 valence electrons. The Morgan fingerprint density at radius 1 is 1.08 bits per heavy atom. The minimum atomic E-state index is -0.136. The Balaban J connectivity index is 1.89. The van der Waals surface area contributed by atoms with Crippen LogP contribution in [-0.2, 0) is 0 Å². The molecule has 0 amide bonds. The summed E-state index contributed by atoms with van der Waals surface area (Å²) in [4.78, 5) is 2.44. The van der Waals surface area contributed by atoms with Crippen molar-refractivity contribution in [3.05, 3.63) is 0 Å². The molecule has 12 heavy (non-hydrogen) atoms. The van der Waals surface area contributed by atoms with Gasteiger partial charge in [-0.3, -0.25) is 4.90 Å². The highest BCUT2D eigenvalue weighted by atomic mass is 16.3. The Kier molecular flexibility index (Phi) is 2.63. The maximum Gasteiger partial charge on any atom is 0.0831 e. The lowest BCUT2D eigenvalue weighted by molar-refractivity contribution is 0.0706. The van der Waals surface area contributed by atoms with Crippen LogP contribution in [-0.4, -0.2) is 48.3 Å². The molecule has 2 aliphatic rings. The van der Waals surface area contributed by atoms with Crippen LogP contribution >= 0.6 is 0 Å². The average molecular weight is 170 g/mol. The molecule has 2 rings (SSSR count). The van der Waals surface area contributed by atoms with Gasteiger partial charge in [0.15, 0.2) is 0 Å². The molecule has 0 unspecified atom stereocenters. The van der Waals surface area contributed by atoms with Crippen molar-refractivity contribution in [3.8, 4) is 0 Å². The summed E-state index contributed by atoms with van der Waals surface area (Å²) in [6, 6.07) is 0.394. The molecule has 0 aliphatic carbocycles. The van der Waals surface area contributed by atoms with E-state index < -0.39 is 0 Å². The molecule has 2 N–H and O–H groups in total. The van der Waals surface area contributed by atoms with Gasteiger partial charge in [-0.2, -0.15) is 0 Å². The minimum Gasteiger partial charge on any atom is -0.390 e. The van der Waals surface area contributed by atoms with Gasteiger partial charge in [-0.1, -0.05) is 6.42 Å². The van der Waals surface area contributed by atoms with E-state index in [4.69, 9.17) is 0 Å².